The quantitative estimate of drug-likeness (QED) is 0.823. The van der Waals surface area contributed by atoms with Crippen molar-refractivity contribution in [2.75, 3.05) is 13.1 Å². The first-order valence-electron chi connectivity index (χ1n) is 6.06. The third kappa shape index (κ3) is 2.87. The molecule has 1 aromatic heterocycles. The first-order valence-corrected chi connectivity index (χ1v) is 6.44. The molecule has 1 aromatic rings. The van der Waals surface area contributed by atoms with Gasteiger partial charge in [0, 0.05) is 17.8 Å². The molecule has 1 aliphatic rings. The van der Waals surface area contributed by atoms with Crippen LogP contribution in [0.15, 0.2) is 11.0 Å². The Hall–Kier alpha value is -0.870. The SMILES string of the molecule is CC(C)N1CCC(c2cnc(Cl)[nH]c2=O)CC1. The number of aromatic amines is 1. The zero-order chi connectivity index (χ0) is 12.4. The fraction of sp³-hybridized carbons (Fsp3) is 0.667. The molecule has 94 valence electrons. The van der Waals surface area contributed by atoms with Crippen molar-refractivity contribution < 1.29 is 0 Å². The molecule has 2 heterocycles. The van der Waals surface area contributed by atoms with E-state index in [1.807, 2.05) is 0 Å². The average molecular weight is 256 g/mol. The molecule has 0 radical (unpaired) electrons. The minimum atomic E-state index is -0.0898. The molecule has 0 spiro atoms. The minimum absolute atomic E-state index is 0.0898. The Labute approximate surface area is 106 Å². The highest BCUT2D eigenvalue weighted by Crippen LogP contribution is 2.26. The Kier molecular flexibility index (Phi) is 3.84. The summed E-state index contributed by atoms with van der Waals surface area (Å²) in [5.74, 6) is 0.318. The molecule has 1 N–H and O–H groups in total. The van der Waals surface area contributed by atoms with Gasteiger partial charge in [-0.15, -0.1) is 0 Å². The normalized spacial score (nSPS) is 18.8. The first-order chi connectivity index (χ1) is 8.08. The number of rotatable bonds is 2. The van der Waals surface area contributed by atoms with E-state index in [9.17, 15) is 4.79 Å². The van der Waals surface area contributed by atoms with Gasteiger partial charge in [0.15, 0.2) is 0 Å². The Bertz CT molecular complexity index is 436. The highest BCUT2D eigenvalue weighted by atomic mass is 35.5. The molecule has 2 rings (SSSR count). The Morgan fingerprint density at radius 1 is 1.47 bits per heavy atom. The van der Waals surface area contributed by atoms with Crippen LogP contribution < -0.4 is 5.56 Å². The molecule has 0 bridgehead atoms. The van der Waals surface area contributed by atoms with Gasteiger partial charge in [-0.2, -0.15) is 0 Å². The van der Waals surface area contributed by atoms with Gasteiger partial charge >= 0.3 is 0 Å². The van der Waals surface area contributed by atoms with Gasteiger partial charge in [0.25, 0.3) is 5.56 Å². The maximum absolute atomic E-state index is 11.8. The summed E-state index contributed by atoms with van der Waals surface area (Å²) < 4.78 is 0. The molecule has 5 heteroatoms. The van der Waals surface area contributed by atoms with Crippen LogP contribution >= 0.6 is 11.6 Å². The monoisotopic (exact) mass is 255 g/mol. The van der Waals surface area contributed by atoms with Crippen LogP contribution in [0, 0.1) is 0 Å². The summed E-state index contributed by atoms with van der Waals surface area (Å²) in [6, 6.07) is 0.581. The number of nitrogens with zero attached hydrogens (tertiary/aromatic N) is 2. The molecule has 0 amide bonds. The largest absolute Gasteiger partial charge is 0.301 e. The highest BCUT2D eigenvalue weighted by molar-refractivity contribution is 6.28. The van der Waals surface area contributed by atoms with Gasteiger partial charge in [-0.05, 0) is 57.3 Å². The number of likely N-dealkylation sites (tertiary alicyclic amines) is 1. The lowest BCUT2D eigenvalue weighted by Gasteiger charge is -2.34. The molecule has 17 heavy (non-hydrogen) atoms. The second-order valence-corrected chi connectivity index (χ2v) is 5.22. The zero-order valence-electron chi connectivity index (χ0n) is 10.2. The number of hydrogen-bond donors (Lipinski definition) is 1. The maximum atomic E-state index is 11.8. The molecule has 0 aliphatic carbocycles. The predicted octanol–water partition coefficient (Wildman–Crippen LogP) is 2.01. The lowest BCUT2D eigenvalue weighted by molar-refractivity contribution is 0.171. The number of H-pyrrole nitrogens is 1. The minimum Gasteiger partial charge on any atom is -0.301 e. The molecule has 4 nitrogen and oxygen atoms in total. The van der Waals surface area contributed by atoms with Gasteiger partial charge in [-0.1, -0.05) is 0 Å². The summed E-state index contributed by atoms with van der Waals surface area (Å²) in [4.78, 5) is 20.7. The van der Waals surface area contributed by atoms with Crippen molar-refractivity contribution in [3.63, 3.8) is 0 Å². The summed E-state index contributed by atoms with van der Waals surface area (Å²) >= 11 is 5.65. The van der Waals surface area contributed by atoms with Gasteiger partial charge in [-0.25, -0.2) is 4.98 Å². The van der Waals surface area contributed by atoms with Crippen molar-refractivity contribution in [3.8, 4) is 0 Å². The van der Waals surface area contributed by atoms with Gasteiger partial charge in [0.1, 0.15) is 0 Å². The van der Waals surface area contributed by atoms with Gasteiger partial charge in [-0.3, -0.25) is 9.78 Å². The fourth-order valence-electron chi connectivity index (χ4n) is 2.40. The van der Waals surface area contributed by atoms with Crippen molar-refractivity contribution >= 4 is 11.6 Å². The third-order valence-electron chi connectivity index (χ3n) is 3.50. The third-order valence-corrected chi connectivity index (χ3v) is 3.69. The van der Waals surface area contributed by atoms with E-state index in [1.165, 1.54) is 0 Å². The lowest BCUT2D eigenvalue weighted by atomic mass is 9.90. The van der Waals surface area contributed by atoms with Gasteiger partial charge in [0.05, 0.1) is 0 Å². The zero-order valence-corrected chi connectivity index (χ0v) is 11.0. The van der Waals surface area contributed by atoms with Crippen LogP contribution in [-0.2, 0) is 0 Å². The molecule has 0 aromatic carbocycles. The number of aromatic nitrogens is 2. The summed E-state index contributed by atoms with van der Waals surface area (Å²) in [6.45, 7) is 6.50. The Morgan fingerprint density at radius 3 is 2.65 bits per heavy atom. The van der Waals surface area contributed by atoms with Gasteiger partial charge < -0.3 is 4.90 Å². The van der Waals surface area contributed by atoms with E-state index in [0.717, 1.165) is 31.5 Å². The lowest BCUT2D eigenvalue weighted by Crippen LogP contribution is -2.38. The fourth-order valence-corrected chi connectivity index (χ4v) is 2.54. The van der Waals surface area contributed by atoms with E-state index in [1.54, 1.807) is 6.20 Å². The molecular formula is C12H18ClN3O. The number of piperidine rings is 1. The van der Waals surface area contributed by atoms with Crippen LogP contribution in [0.3, 0.4) is 0 Å². The second-order valence-electron chi connectivity index (χ2n) is 4.86. The summed E-state index contributed by atoms with van der Waals surface area (Å²) in [5, 5.41) is 0.165. The van der Waals surface area contributed by atoms with E-state index in [2.05, 4.69) is 28.7 Å². The number of nitrogens with one attached hydrogen (secondary N) is 1. The number of halogens is 1. The molecule has 1 fully saturated rings. The summed E-state index contributed by atoms with van der Waals surface area (Å²) in [6.07, 6.45) is 3.66. The predicted molar refractivity (Wildman–Crippen MR) is 68.6 cm³/mol. The Morgan fingerprint density at radius 2 is 2.12 bits per heavy atom. The van der Waals surface area contributed by atoms with Crippen LogP contribution in [0.4, 0.5) is 0 Å². The van der Waals surface area contributed by atoms with Crippen molar-refractivity contribution in [2.45, 2.75) is 38.6 Å². The van der Waals surface area contributed by atoms with Crippen LogP contribution in [0.2, 0.25) is 5.28 Å². The molecule has 1 aliphatic heterocycles. The molecule has 0 unspecified atom stereocenters. The smallest absolute Gasteiger partial charge is 0.255 e. The van der Waals surface area contributed by atoms with Crippen LogP contribution in [0.1, 0.15) is 38.2 Å². The molecule has 0 saturated carbocycles. The van der Waals surface area contributed by atoms with Crippen LogP contribution in [0.25, 0.3) is 0 Å². The van der Waals surface area contributed by atoms with E-state index >= 15 is 0 Å². The van der Waals surface area contributed by atoms with Crippen molar-refractivity contribution in [1.29, 1.82) is 0 Å². The molecule has 0 atom stereocenters. The van der Waals surface area contributed by atoms with E-state index in [0.29, 0.717) is 12.0 Å². The van der Waals surface area contributed by atoms with E-state index in [4.69, 9.17) is 11.6 Å². The number of hydrogen-bond acceptors (Lipinski definition) is 3. The molecule has 1 saturated heterocycles. The molecular weight excluding hydrogens is 238 g/mol. The maximum Gasteiger partial charge on any atom is 0.255 e. The van der Waals surface area contributed by atoms with E-state index < -0.39 is 0 Å². The van der Waals surface area contributed by atoms with Crippen molar-refractivity contribution in [3.05, 3.63) is 27.4 Å². The van der Waals surface area contributed by atoms with E-state index in [-0.39, 0.29) is 10.8 Å². The Balaban J connectivity index is 2.08. The second kappa shape index (κ2) is 5.19. The standard InChI is InChI=1S/C12H18ClN3O/c1-8(2)16-5-3-9(4-6-16)10-7-14-12(13)15-11(10)17/h7-9H,3-6H2,1-2H3,(H,14,15,17). The summed E-state index contributed by atoms with van der Waals surface area (Å²) in [5.41, 5.74) is 0.686. The van der Waals surface area contributed by atoms with Crippen LogP contribution in [-0.4, -0.2) is 34.0 Å². The average Bonchev–Trinajstić information content (AvgIpc) is 2.29. The van der Waals surface area contributed by atoms with Crippen molar-refractivity contribution in [2.24, 2.45) is 0 Å². The summed E-state index contributed by atoms with van der Waals surface area (Å²) in [7, 11) is 0. The highest BCUT2D eigenvalue weighted by Gasteiger charge is 2.24. The van der Waals surface area contributed by atoms with Crippen LogP contribution in [0.5, 0.6) is 0 Å². The van der Waals surface area contributed by atoms with Gasteiger partial charge in [0.2, 0.25) is 5.28 Å². The first kappa shape index (κ1) is 12.6. The topological polar surface area (TPSA) is 49.0 Å². The van der Waals surface area contributed by atoms with Crippen molar-refractivity contribution in [1.82, 2.24) is 14.9 Å².